The average molecular weight is 407 g/mol. The Morgan fingerprint density at radius 3 is 2.60 bits per heavy atom. The smallest absolute Gasteiger partial charge is 0.261 e. The highest BCUT2D eigenvalue weighted by atomic mass is 16.1. The van der Waals surface area contributed by atoms with Gasteiger partial charge in [0.05, 0.1) is 23.6 Å². The molecule has 30 heavy (non-hydrogen) atoms. The predicted molar refractivity (Wildman–Crippen MR) is 119 cm³/mol. The number of benzene rings is 1. The van der Waals surface area contributed by atoms with E-state index in [4.69, 9.17) is 0 Å². The van der Waals surface area contributed by atoms with E-state index in [1.807, 2.05) is 23.2 Å². The van der Waals surface area contributed by atoms with Gasteiger partial charge in [0.25, 0.3) is 5.56 Å². The summed E-state index contributed by atoms with van der Waals surface area (Å²) in [7, 11) is 2.05. The fourth-order valence-corrected chi connectivity index (χ4v) is 4.89. The molecular weight excluding hydrogens is 376 g/mol. The molecule has 0 bridgehead atoms. The van der Waals surface area contributed by atoms with Crippen LogP contribution in [-0.4, -0.2) is 56.7 Å². The van der Waals surface area contributed by atoms with Crippen molar-refractivity contribution in [1.82, 2.24) is 24.0 Å². The zero-order chi connectivity index (χ0) is 20.5. The van der Waals surface area contributed by atoms with Gasteiger partial charge in [0.15, 0.2) is 0 Å². The number of imidazole rings is 1. The van der Waals surface area contributed by atoms with E-state index in [0.29, 0.717) is 6.04 Å². The van der Waals surface area contributed by atoms with Gasteiger partial charge in [-0.15, -0.1) is 0 Å². The van der Waals surface area contributed by atoms with E-state index in [1.165, 1.54) is 24.2 Å². The SMILES string of the molecule is Cn1cncc1CCN1CCN(c2ccc3c(=O)n(C4CCCC4)cnc3c2)CC1. The molecule has 0 radical (unpaired) electrons. The molecular formula is C23H30N6O. The van der Waals surface area contributed by atoms with Gasteiger partial charge in [-0.05, 0) is 31.0 Å². The second kappa shape index (κ2) is 8.22. The Bertz CT molecular complexity index is 1070. The largest absolute Gasteiger partial charge is 0.369 e. The molecule has 3 heterocycles. The van der Waals surface area contributed by atoms with Crippen LogP contribution in [0.1, 0.15) is 37.4 Å². The van der Waals surface area contributed by atoms with Gasteiger partial charge in [0, 0.05) is 69.8 Å². The fraction of sp³-hybridized carbons (Fsp3) is 0.522. The normalized spacial score (nSPS) is 18.5. The Labute approximate surface area is 177 Å². The van der Waals surface area contributed by atoms with Crippen LogP contribution in [0, 0.1) is 0 Å². The summed E-state index contributed by atoms with van der Waals surface area (Å²) in [5, 5.41) is 0.739. The first kappa shape index (κ1) is 19.3. The zero-order valence-electron chi connectivity index (χ0n) is 17.7. The van der Waals surface area contributed by atoms with E-state index in [9.17, 15) is 4.79 Å². The fourth-order valence-electron chi connectivity index (χ4n) is 4.89. The van der Waals surface area contributed by atoms with Gasteiger partial charge in [0.2, 0.25) is 0 Å². The number of anilines is 1. The van der Waals surface area contributed by atoms with Gasteiger partial charge in [-0.1, -0.05) is 12.8 Å². The molecule has 0 N–H and O–H groups in total. The summed E-state index contributed by atoms with van der Waals surface area (Å²) in [6.45, 7) is 5.15. The summed E-state index contributed by atoms with van der Waals surface area (Å²) in [4.78, 5) is 26.7. The lowest BCUT2D eigenvalue weighted by molar-refractivity contribution is 0.259. The second-order valence-electron chi connectivity index (χ2n) is 8.67. The Morgan fingerprint density at radius 1 is 1.07 bits per heavy atom. The molecule has 2 fully saturated rings. The van der Waals surface area contributed by atoms with Gasteiger partial charge < -0.3 is 9.47 Å². The number of nitrogens with zero attached hydrogens (tertiary/aromatic N) is 6. The Hall–Kier alpha value is -2.67. The van der Waals surface area contributed by atoms with Crippen molar-refractivity contribution in [2.24, 2.45) is 7.05 Å². The van der Waals surface area contributed by atoms with Crippen LogP contribution in [-0.2, 0) is 13.5 Å². The first-order valence-electron chi connectivity index (χ1n) is 11.1. The van der Waals surface area contributed by atoms with Crippen LogP contribution >= 0.6 is 0 Å². The Balaban J connectivity index is 1.25. The molecule has 158 valence electrons. The van der Waals surface area contributed by atoms with Crippen molar-refractivity contribution in [1.29, 1.82) is 0 Å². The number of rotatable bonds is 5. The monoisotopic (exact) mass is 406 g/mol. The molecule has 0 unspecified atom stereocenters. The molecule has 0 atom stereocenters. The van der Waals surface area contributed by atoms with Crippen LogP contribution in [0.25, 0.3) is 10.9 Å². The summed E-state index contributed by atoms with van der Waals surface area (Å²) in [5.41, 5.74) is 3.37. The maximum atomic E-state index is 12.9. The highest BCUT2D eigenvalue weighted by Crippen LogP contribution is 2.28. The molecule has 7 heteroatoms. The second-order valence-corrected chi connectivity index (χ2v) is 8.67. The van der Waals surface area contributed by atoms with E-state index < -0.39 is 0 Å². The summed E-state index contributed by atoms with van der Waals surface area (Å²) < 4.78 is 3.95. The number of fused-ring (bicyclic) bond motifs is 1. The van der Waals surface area contributed by atoms with Crippen molar-refractivity contribution < 1.29 is 0 Å². The number of hydrogen-bond acceptors (Lipinski definition) is 5. The molecule has 7 nitrogen and oxygen atoms in total. The summed E-state index contributed by atoms with van der Waals surface area (Å²) in [6, 6.07) is 6.48. The maximum Gasteiger partial charge on any atom is 0.261 e. The molecule has 1 saturated heterocycles. The van der Waals surface area contributed by atoms with E-state index in [-0.39, 0.29) is 5.56 Å². The number of piperazine rings is 1. The molecule has 2 aromatic heterocycles. The van der Waals surface area contributed by atoms with Gasteiger partial charge in [-0.2, -0.15) is 0 Å². The van der Waals surface area contributed by atoms with Crippen molar-refractivity contribution in [3.05, 3.63) is 53.1 Å². The first-order valence-corrected chi connectivity index (χ1v) is 11.1. The molecule has 5 rings (SSSR count). The van der Waals surface area contributed by atoms with Crippen molar-refractivity contribution in [3.63, 3.8) is 0 Å². The third-order valence-electron chi connectivity index (χ3n) is 6.82. The van der Waals surface area contributed by atoms with E-state index in [2.05, 4.69) is 43.5 Å². The lowest BCUT2D eigenvalue weighted by atomic mass is 10.1. The van der Waals surface area contributed by atoms with Crippen LogP contribution in [0.4, 0.5) is 5.69 Å². The first-order chi connectivity index (χ1) is 14.7. The molecule has 3 aromatic rings. The number of aryl methyl sites for hydroxylation is 1. The van der Waals surface area contributed by atoms with Crippen molar-refractivity contribution >= 4 is 16.6 Å². The van der Waals surface area contributed by atoms with Crippen LogP contribution in [0.15, 0.2) is 41.8 Å². The van der Waals surface area contributed by atoms with E-state index in [1.54, 1.807) is 6.33 Å². The molecule has 1 saturated carbocycles. The van der Waals surface area contributed by atoms with Crippen LogP contribution in [0.2, 0.25) is 0 Å². The molecule has 1 aliphatic heterocycles. The van der Waals surface area contributed by atoms with Gasteiger partial charge in [-0.25, -0.2) is 9.97 Å². The van der Waals surface area contributed by atoms with Crippen molar-refractivity contribution in [3.8, 4) is 0 Å². The lowest BCUT2D eigenvalue weighted by Crippen LogP contribution is -2.47. The minimum Gasteiger partial charge on any atom is -0.369 e. The molecule has 0 amide bonds. The summed E-state index contributed by atoms with van der Waals surface area (Å²) in [6.07, 6.45) is 11.2. The Kier molecular flexibility index (Phi) is 5.29. The van der Waals surface area contributed by atoms with Crippen LogP contribution < -0.4 is 10.5 Å². The molecule has 1 aromatic carbocycles. The Morgan fingerprint density at radius 2 is 1.87 bits per heavy atom. The van der Waals surface area contributed by atoms with Gasteiger partial charge >= 0.3 is 0 Å². The standard InChI is InChI=1S/C23H30N6O/c1-26-16-24-15-20(26)8-9-27-10-12-28(13-11-27)19-6-7-21-22(14-19)25-17-29(23(21)30)18-4-2-3-5-18/h6-7,14-18H,2-5,8-13H2,1H3. The summed E-state index contributed by atoms with van der Waals surface area (Å²) in [5.74, 6) is 0. The molecule has 2 aliphatic rings. The van der Waals surface area contributed by atoms with Crippen LogP contribution in [0.3, 0.4) is 0 Å². The van der Waals surface area contributed by atoms with Crippen LogP contribution in [0.5, 0.6) is 0 Å². The van der Waals surface area contributed by atoms with Crippen molar-refractivity contribution in [2.45, 2.75) is 38.1 Å². The predicted octanol–water partition coefficient (Wildman–Crippen LogP) is 2.61. The zero-order valence-corrected chi connectivity index (χ0v) is 17.7. The summed E-state index contributed by atoms with van der Waals surface area (Å²) >= 11 is 0. The third kappa shape index (κ3) is 3.74. The highest BCUT2D eigenvalue weighted by molar-refractivity contribution is 5.81. The van der Waals surface area contributed by atoms with E-state index in [0.717, 1.165) is 62.9 Å². The minimum absolute atomic E-state index is 0.110. The molecule has 0 spiro atoms. The minimum atomic E-state index is 0.110. The number of hydrogen-bond donors (Lipinski definition) is 0. The average Bonchev–Trinajstić information content (AvgIpc) is 3.45. The lowest BCUT2D eigenvalue weighted by Gasteiger charge is -2.36. The highest BCUT2D eigenvalue weighted by Gasteiger charge is 2.21. The number of aromatic nitrogens is 4. The van der Waals surface area contributed by atoms with Gasteiger partial charge in [-0.3, -0.25) is 14.3 Å². The van der Waals surface area contributed by atoms with Gasteiger partial charge in [0.1, 0.15) is 0 Å². The topological polar surface area (TPSA) is 59.2 Å². The molecule has 1 aliphatic carbocycles. The van der Waals surface area contributed by atoms with Crippen molar-refractivity contribution in [2.75, 3.05) is 37.6 Å². The maximum absolute atomic E-state index is 12.9. The van der Waals surface area contributed by atoms with E-state index >= 15 is 0 Å². The quantitative estimate of drug-likeness (QED) is 0.652. The third-order valence-corrected chi connectivity index (χ3v) is 6.82.